The predicted octanol–water partition coefficient (Wildman–Crippen LogP) is 5.78. The standard InChI is InChI=1S/C18H27Br/c1-12-9-10-16(17(19)11-12)18(4,5)15-8-6-7-13(2)14(15)3/h6-8,12,16-17H,9-11H2,1-5H3. The summed E-state index contributed by atoms with van der Waals surface area (Å²) in [6.07, 6.45) is 4.04. The molecule has 0 amide bonds. The van der Waals surface area contributed by atoms with E-state index in [1.165, 1.54) is 36.0 Å². The lowest BCUT2D eigenvalue weighted by Gasteiger charge is -2.43. The molecule has 0 bridgehead atoms. The van der Waals surface area contributed by atoms with Crippen molar-refractivity contribution in [3.8, 4) is 0 Å². The first-order valence-corrected chi connectivity index (χ1v) is 8.46. The highest BCUT2D eigenvalue weighted by atomic mass is 79.9. The third-order valence-corrected chi connectivity index (χ3v) is 6.27. The normalized spacial score (nSPS) is 28.4. The van der Waals surface area contributed by atoms with Crippen molar-refractivity contribution in [2.75, 3.05) is 0 Å². The summed E-state index contributed by atoms with van der Waals surface area (Å²) in [4.78, 5) is 0.658. The molecule has 1 aliphatic carbocycles. The third kappa shape index (κ3) is 2.91. The Balaban J connectivity index is 2.33. The first-order chi connectivity index (χ1) is 8.84. The molecule has 3 unspecified atom stereocenters. The first-order valence-electron chi connectivity index (χ1n) is 7.54. The van der Waals surface area contributed by atoms with Crippen LogP contribution in [0.15, 0.2) is 18.2 Å². The molecule has 2 rings (SSSR count). The second kappa shape index (κ2) is 5.60. The zero-order valence-corrected chi connectivity index (χ0v) is 14.5. The number of hydrogen-bond donors (Lipinski definition) is 0. The van der Waals surface area contributed by atoms with Gasteiger partial charge >= 0.3 is 0 Å². The molecule has 0 heterocycles. The van der Waals surface area contributed by atoms with Crippen LogP contribution in [-0.4, -0.2) is 4.83 Å². The molecule has 1 aliphatic rings. The maximum atomic E-state index is 3.97. The van der Waals surface area contributed by atoms with Crippen LogP contribution in [-0.2, 0) is 5.41 Å². The molecule has 0 aromatic heterocycles. The minimum absolute atomic E-state index is 0.254. The van der Waals surface area contributed by atoms with Gasteiger partial charge < -0.3 is 0 Å². The summed E-state index contributed by atoms with van der Waals surface area (Å²) in [5, 5.41) is 0. The van der Waals surface area contributed by atoms with E-state index in [2.05, 4.69) is 68.7 Å². The van der Waals surface area contributed by atoms with Gasteiger partial charge in [-0.3, -0.25) is 0 Å². The number of benzene rings is 1. The molecule has 1 aromatic rings. The van der Waals surface area contributed by atoms with E-state index in [-0.39, 0.29) is 5.41 Å². The van der Waals surface area contributed by atoms with Crippen LogP contribution in [0.4, 0.5) is 0 Å². The van der Waals surface area contributed by atoms with Crippen LogP contribution in [0.2, 0.25) is 0 Å². The minimum Gasteiger partial charge on any atom is -0.0887 e. The summed E-state index contributed by atoms with van der Waals surface area (Å²) in [5.74, 6) is 1.61. The van der Waals surface area contributed by atoms with Gasteiger partial charge in [0.1, 0.15) is 0 Å². The lowest BCUT2D eigenvalue weighted by molar-refractivity contribution is 0.213. The van der Waals surface area contributed by atoms with Gasteiger partial charge in [-0.15, -0.1) is 0 Å². The van der Waals surface area contributed by atoms with Crippen molar-refractivity contribution in [1.82, 2.24) is 0 Å². The Morgan fingerprint density at radius 3 is 2.47 bits per heavy atom. The van der Waals surface area contributed by atoms with Crippen molar-refractivity contribution < 1.29 is 0 Å². The SMILES string of the molecule is Cc1cccc(C(C)(C)C2CCC(C)CC2Br)c1C. The molecule has 0 nitrogen and oxygen atoms in total. The molecule has 0 aliphatic heterocycles. The van der Waals surface area contributed by atoms with Crippen LogP contribution >= 0.6 is 15.9 Å². The predicted molar refractivity (Wildman–Crippen MR) is 88.2 cm³/mol. The quantitative estimate of drug-likeness (QED) is 0.605. The van der Waals surface area contributed by atoms with Crippen LogP contribution in [0.3, 0.4) is 0 Å². The highest BCUT2D eigenvalue weighted by molar-refractivity contribution is 9.09. The Kier molecular flexibility index (Phi) is 4.45. The molecular weight excluding hydrogens is 296 g/mol. The second-order valence-electron chi connectivity index (χ2n) is 7.01. The zero-order chi connectivity index (χ0) is 14.2. The summed E-state index contributed by atoms with van der Waals surface area (Å²) in [6.45, 7) is 11.8. The molecule has 3 atom stereocenters. The van der Waals surface area contributed by atoms with Crippen molar-refractivity contribution >= 4 is 15.9 Å². The van der Waals surface area contributed by atoms with Crippen molar-refractivity contribution in [2.24, 2.45) is 11.8 Å². The van der Waals surface area contributed by atoms with Gasteiger partial charge in [-0.2, -0.15) is 0 Å². The highest BCUT2D eigenvalue weighted by Gasteiger charge is 2.39. The van der Waals surface area contributed by atoms with Gasteiger partial charge in [-0.25, -0.2) is 0 Å². The molecule has 0 saturated heterocycles. The number of aryl methyl sites for hydroxylation is 1. The third-order valence-electron chi connectivity index (χ3n) is 5.26. The van der Waals surface area contributed by atoms with Gasteiger partial charge in [0, 0.05) is 4.83 Å². The van der Waals surface area contributed by atoms with Crippen LogP contribution < -0.4 is 0 Å². The Morgan fingerprint density at radius 1 is 1.16 bits per heavy atom. The highest BCUT2D eigenvalue weighted by Crippen LogP contribution is 2.46. The van der Waals surface area contributed by atoms with Gasteiger partial charge in [0.05, 0.1) is 0 Å². The summed E-state index contributed by atoms with van der Waals surface area (Å²) in [7, 11) is 0. The van der Waals surface area contributed by atoms with Crippen molar-refractivity contribution in [1.29, 1.82) is 0 Å². The summed E-state index contributed by atoms with van der Waals surface area (Å²) in [5.41, 5.74) is 4.69. The van der Waals surface area contributed by atoms with Crippen LogP contribution in [0.5, 0.6) is 0 Å². The van der Waals surface area contributed by atoms with Crippen molar-refractivity contribution in [3.05, 3.63) is 34.9 Å². The second-order valence-corrected chi connectivity index (χ2v) is 8.19. The van der Waals surface area contributed by atoms with E-state index >= 15 is 0 Å². The van der Waals surface area contributed by atoms with Crippen LogP contribution in [0.1, 0.15) is 56.7 Å². The fourth-order valence-corrected chi connectivity index (χ4v) is 5.34. The molecule has 1 heteroatoms. The van der Waals surface area contributed by atoms with E-state index in [0.717, 1.165) is 11.8 Å². The molecule has 0 spiro atoms. The Hall–Kier alpha value is -0.300. The van der Waals surface area contributed by atoms with Crippen molar-refractivity contribution in [3.63, 3.8) is 0 Å². The lowest BCUT2D eigenvalue weighted by atomic mass is 9.65. The number of rotatable bonds is 2. The number of alkyl halides is 1. The molecule has 1 saturated carbocycles. The molecule has 106 valence electrons. The fourth-order valence-electron chi connectivity index (χ4n) is 3.77. The average Bonchev–Trinajstić information content (AvgIpc) is 2.31. The van der Waals surface area contributed by atoms with E-state index in [1.807, 2.05) is 0 Å². The molecule has 19 heavy (non-hydrogen) atoms. The van der Waals surface area contributed by atoms with Gasteiger partial charge in [0.15, 0.2) is 0 Å². The van der Waals surface area contributed by atoms with Gasteiger partial charge in [-0.05, 0) is 60.6 Å². The molecular formula is C18H27Br. The maximum Gasteiger partial charge on any atom is 0.0184 e. The van der Waals surface area contributed by atoms with Gasteiger partial charge in [0.2, 0.25) is 0 Å². The van der Waals surface area contributed by atoms with Crippen LogP contribution in [0.25, 0.3) is 0 Å². The summed E-state index contributed by atoms with van der Waals surface area (Å²) < 4.78 is 0. The molecule has 0 radical (unpaired) electrons. The topological polar surface area (TPSA) is 0 Å². The molecule has 0 N–H and O–H groups in total. The summed E-state index contributed by atoms with van der Waals surface area (Å²) in [6, 6.07) is 6.78. The Labute approximate surface area is 127 Å². The van der Waals surface area contributed by atoms with Gasteiger partial charge in [0.25, 0.3) is 0 Å². The monoisotopic (exact) mass is 322 g/mol. The van der Waals surface area contributed by atoms with Gasteiger partial charge in [-0.1, -0.05) is 61.3 Å². The lowest BCUT2D eigenvalue weighted by Crippen LogP contribution is -2.39. The Morgan fingerprint density at radius 2 is 1.84 bits per heavy atom. The van der Waals surface area contributed by atoms with E-state index in [9.17, 15) is 0 Å². The smallest absolute Gasteiger partial charge is 0.0184 e. The van der Waals surface area contributed by atoms with Crippen LogP contribution in [0, 0.1) is 25.7 Å². The number of hydrogen-bond acceptors (Lipinski definition) is 0. The Bertz CT molecular complexity index is 447. The van der Waals surface area contributed by atoms with E-state index < -0.39 is 0 Å². The first kappa shape index (κ1) is 15.1. The minimum atomic E-state index is 0.254. The zero-order valence-electron chi connectivity index (χ0n) is 13.0. The largest absolute Gasteiger partial charge is 0.0887 e. The van der Waals surface area contributed by atoms with E-state index in [0.29, 0.717) is 4.83 Å². The summed E-state index contributed by atoms with van der Waals surface area (Å²) >= 11 is 3.97. The van der Waals surface area contributed by atoms with E-state index in [4.69, 9.17) is 0 Å². The number of halogens is 1. The fraction of sp³-hybridized carbons (Fsp3) is 0.667. The van der Waals surface area contributed by atoms with E-state index in [1.54, 1.807) is 0 Å². The molecule has 1 fully saturated rings. The maximum absolute atomic E-state index is 3.97. The average molecular weight is 323 g/mol. The van der Waals surface area contributed by atoms with Crippen molar-refractivity contribution in [2.45, 2.75) is 64.1 Å². The molecule has 1 aromatic carbocycles.